The van der Waals surface area contributed by atoms with Crippen LogP contribution in [0.4, 0.5) is 5.69 Å². The topological polar surface area (TPSA) is 103 Å². The number of nitrogens with one attached hydrogen (secondary N) is 1. The number of hydrogen-bond donors (Lipinski definition) is 1. The molecule has 10 heteroatoms. The number of hydrogen-bond acceptors (Lipinski definition) is 7. The van der Waals surface area contributed by atoms with Crippen LogP contribution in [0.25, 0.3) is 11.4 Å². The Morgan fingerprint density at radius 3 is 2.65 bits per heavy atom. The lowest BCUT2D eigenvalue weighted by Gasteiger charge is -2.12. The third kappa shape index (κ3) is 4.19. The van der Waals surface area contributed by atoms with E-state index in [2.05, 4.69) is 35.6 Å². The Balaban J connectivity index is 1.44. The van der Waals surface area contributed by atoms with E-state index in [9.17, 15) is 4.79 Å². The van der Waals surface area contributed by atoms with Crippen molar-refractivity contribution >= 4 is 23.4 Å². The van der Waals surface area contributed by atoms with Crippen LogP contribution in [0.3, 0.4) is 0 Å². The van der Waals surface area contributed by atoms with Gasteiger partial charge in [-0.1, -0.05) is 36.0 Å². The van der Waals surface area contributed by atoms with Crippen LogP contribution in [0, 0.1) is 0 Å². The molecule has 1 N–H and O–H groups in total. The molecule has 0 aliphatic heterocycles. The molecule has 1 amide bonds. The summed E-state index contributed by atoms with van der Waals surface area (Å²) < 4.78 is 3.80. The Bertz CT molecular complexity index is 1220. The van der Waals surface area contributed by atoms with Gasteiger partial charge in [0.1, 0.15) is 5.82 Å². The van der Waals surface area contributed by atoms with Gasteiger partial charge in [-0.2, -0.15) is 4.68 Å². The van der Waals surface area contributed by atoms with Crippen molar-refractivity contribution in [3.8, 4) is 11.4 Å². The van der Waals surface area contributed by atoms with E-state index < -0.39 is 0 Å². The van der Waals surface area contributed by atoms with Crippen molar-refractivity contribution in [1.82, 2.24) is 35.0 Å². The molecular weight excluding hydrogens is 412 g/mol. The molecule has 0 atom stereocenters. The van der Waals surface area contributed by atoms with Crippen LogP contribution in [-0.2, 0) is 10.5 Å². The molecule has 2 aromatic carbocycles. The van der Waals surface area contributed by atoms with Crippen LogP contribution in [0.1, 0.15) is 37.3 Å². The molecule has 0 unspecified atom stereocenters. The number of anilines is 1. The zero-order valence-electron chi connectivity index (χ0n) is 16.8. The molecule has 1 fully saturated rings. The van der Waals surface area contributed by atoms with Gasteiger partial charge >= 0.3 is 0 Å². The molecule has 1 saturated carbocycles. The first-order chi connectivity index (χ1) is 15.2. The quantitative estimate of drug-likeness (QED) is 0.447. The molecule has 31 heavy (non-hydrogen) atoms. The molecular formula is C21H20N8OS. The van der Waals surface area contributed by atoms with Gasteiger partial charge in [0.25, 0.3) is 0 Å². The van der Waals surface area contributed by atoms with E-state index >= 15 is 0 Å². The van der Waals surface area contributed by atoms with E-state index in [-0.39, 0.29) is 5.91 Å². The fraction of sp³-hybridized carbons (Fsp3) is 0.238. The van der Waals surface area contributed by atoms with Gasteiger partial charge in [0.15, 0.2) is 11.0 Å². The number of tetrazole rings is 1. The summed E-state index contributed by atoms with van der Waals surface area (Å²) >= 11 is 1.53. The molecule has 9 nitrogen and oxygen atoms in total. The van der Waals surface area contributed by atoms with Gasteiger partial charge in [0.2, 0.25) is 5.91 Å². The van der Waals surface area contributed by atoms with Crippen molar-refractivity contribution in [2.24, 2.45) is 0 Å². The highest BCUT2D eigenvalue weighted by Gasteiger charge is 2.31. The van der Waals surface area contributed by atoms with Crippen LogP contribution in [0.2, 0.25) is 0 Å². The zero-order valence-corrected chi connectivity index (χ0v) is 17.7. The normalized spacial score (nSPS) is 13.3. The lowest BCUT2D eigenvalue weighted by Crippen LogP contribution is -2.07. The summed E-state index contributed by atoms with van der Waals surface area (Å²) in [5.41, 5.74) is 2.57. The van der Waals surface area contributed by atoms with Crippen molar-refractivity contribution in [2.45, 2.75) is 36.6 Å². The number of para-hydroxylation sites is 1. The summed E-state index contributed by atoms with van der Waals surface area (Å²) in [5.74, 6) is 2.53. The second kappa shape index (κ2) is 8.31. The lowest BCUT2D eigenvalue weighted by molar-refractivity contribution is -0.114. The first-order valence-corrected chi connectivity index (χ1v) is 11.0. The van der Waals surface area contributed by atoms with Gasteiger partial charge in [0.05, 0.1) is 17.1 Å². The van der Waals surface area contributed by atoms with Crippen LogP contribution in [-0.4, -0.2) is 40.9 Å². The molecule has 0 spiro atoms. The van der Waals surface area contributed by atoms with E-state index in [4.69, 9.17) is 0 Å². The summed E-state index contributed by atoms with van der Waals surface area (Å²) in [5, 5.41) is 24.7. The average molecular weight is 433 g/mol. The number of benzene rings is 2. The average Bonchev–Trinajstić information content (AvgIpc) is 3.36. The fourth-order valence-electron chi connectivity index (χ4n) is 3.34. The molecule has 0 saturated heterocycles. The predicted octanol–water partition coefficient (Wildman–Crippen LogP) is 3.37. The third-order valence-corrected chi connectivity index (χ3v) is 5.82. The van der Waals surface area contributed by atoms with Crippen LogP contribution >= 0.6 is 11.8 Å². The van der Waals surface area contributed by atoms with Crippen molar-refractivity contribution in [2.75, 3.05) is 5.32 Å². The monoisotopic (exact) mass is 432 g/mol. The Hall–Kier alpha value is -3.53. The van der Waals surface area contributed by atoms with Crippen molar-refractivity contribution < 1.29 is 4.79 Å². The largest absolute Gasteiger partial charge is 0.326 e. The number of rotatable bonds is 7. The van der Waals surface area contributed by atoms with E-state index in [1.54, 1.807) is 4.68 Å². The van der Waals surface area contributed by atoms with E-state index in [0.717, 1.165) is 46.7 Å². The molecule has 2 heterocycles. The number of nitrogens with zero attached hydrogens (tertiary/aromatic N) is 7. The molecule has 2 aromatic heterocycles. The predicted molar refractivity (Wildman–Crippen MR) is 116 cm³/mol. The molecule has 1 aliphatic carbocycles. The van der Waals surface area contributed by atoms with Gasteiger partial charge in [-0.15, -0.1) is 15.3 Å². The number of aromatic nitrogens is 7. The van der Waals surface area contributed by atoms with Crippen LogP contribution in [0.15, 0.2) is 59.8 Å². The lowest BCUT2D eigenvalue weighted by atomic mass is 10.2. The van der Waals surface area contributed by atoms with Crippen molar-refractivity contribution in [1.29, 1.82) is 0 Å². The second-order valence-corrected chi connectivity index (χ2v) is 8.26. The van der Waals surface area contributed by atoms with E-state index in [0.29, 0.717) is 11.7 Å². The van der Waals surface area contributed by atoms with Crippen LogP contribution in [0.5, 0.6) is 0 Å². The second-order valence-electron chi connectivity index (χ2n) is 7.31. The maximum atomic E-state index is 11.5. The smallest absolute Gasteiger partial charge is 0.221 e. The molecule has 0 bridgehead atoms. The number of carbonyl (C=O) groups is 1. The Morgan fingerprint density at radius 1 is 1.06 bits per heavy atom. The molecule has 4 aromatic rings. The standard InChI is InChI=1S/C21H20N8OS/c1-14(30)22-16-6-5-9-18(12-16)28-20(15-10-11-15)24-25-21(28)31-13-19-23-26-27-29(19)17-7-3-2-4-8-17/h2-9,12,15H,10-11,13H2,1H3,(H,22,30). The minimum absolute atomic E-state index is 0.106. The Morgan fingerprint density at radius 2 is 1.87 bits per heavy atom. The van der Waals surface area contributed by atoms with Gasteiger partial charge in [-0.05, 0) is 53.6 Å². The van der Waals surface area contributed by atoms with Gasteiger partial charge in [0, 0.05) is 18.5 Å². The highest BCUT2D eigenvalue weighted by molar-refractivity contribution is 7.98. The maximum Gasteiger partial charge on any atom is 0.221 e. The highest BCUT2D eigenvalue weighted by atomic mass is 32.2. The molecule has 1 aliphatic rings. The Labute approximate surface area is 182 Å². The van der Waals surface area contributed by atoms with Crippen LogP contribution < -0.4 is 5.32 Å². The van der Waals surface area contributed by atoms with Gasteiger partial charge < -0.3 is 5.32 Å². The first kappa shape index (κ1) is 19.4. The minimum atomic E-state index is -0.106. The van der Waals surface area contributed by atoms with Crippen molar-refractivity contribution in [3.63, 3.8) is 0 Å². The summed E-state index contributed by atoms with van der Waals surface area (Å²) in [6, 6.07) is 17.5. The maximum absolute atomic E-state index is 11.5. The Kier molecular flexibility index (Phi) is 5.21. The molecule has 156 valence electrons. The van der Waals surface area contributed by atoms with E-state index in [1.807, 2.05) is 54.6 Å². The summed E-state index contributed by atoms with van der Waals surface area (Å²) in [6.45, 7) is 1.50. The van der Waals surface area contributed by atoms with Crippen molar-refractivity contribution in [3.05, 3.63) is 66.2 Å². The molecule has 5 rings (SSSR count). The molecule has 0 radical (unpaired) electrons. The number of carbonyl (C=O) groups excluding carboxylic acids is 1. The zero-order chi connectivity index (χ0) is 21.2. The van der Waals surface area contributed by atoms with E-state index in [1.165, 1.54) is 18.7 Å². The number of thioether (sulfide) groups is 1. The first-order valence-electron chi connectivity index (χ1n) is 9.98. The summed E-state index contributed by atoms with van der Waals surface area (Å²) in [4.78, 5) is 11.5. The van der Waals surface area contributed by atoms with Gasteiger partial charge in [-0.3, -0.25) is 9.36 Å². The summed E-state index contributed by atoms with van der Waals surface area (Å²) in [7, 11) is 0. The highest BCUT2D eigenvalue weighted by Crippen LogP contribution is 2.41. The fourth-order valence-corrected chi connectivity index (χ4v) is 4.21. The number of amides is 1. The SMILES string of the molecule is CC(=O)Nc1cccc(-n2c(SCc3nnnn3-c3ccccc3)nnc2C2CC2)c1. The third-order valence-electron chi connectivity index (χ3n) is 4.89. The van der Waals surface area contributed by atoms with Gasteiger partial charge in [-0.25, -0.2) is 0 Å². The minimum Gasteiger partial charge on any atom is -0.326 e. The summed E-state index contributed by atoms with van der Waals surface area (Å²) in [6.07, 6.45) is 2.22.